The molecule has 1 N–H and O–H groups in total. The molecule has 1 saturated carbocycles. The third-order valence-electron chi connectivity index (χ3n) is 3.35. The van der Waals surface area contributed by atoms with Crippen LogP contribution >= 0.6 is 0 Å². The smallest absolute Gasteiger partial charge is 0.143 e. The molecule has 1 aromatic rings. The quantitative estimate of drug-likeness (QED) is 0.852. The topological polar surface area (TPSA) is 42.4 Å². The predicted octanol–water partition coefficient (Wildman–Crippen LogP) is 2.53. The van der Waals surface area contributed by atoms with E-state index in [1.165, 1.54) is 19.3 Å². The summed E-state index contributed by atoms with van der Waals surface area (Å²) in [7, 11) is 0. The second kappa shape index (κ2) is 5.30. The fourth-order valence-corrected chi connectivity index (χ4v) is 2.27. The number of aromatic nitrogens is 1. The third kappa shape index (κ3) is 2.53. The van der Waals surface area contributed by atoms with Crippen molar-refractivity contribution in [1.29, 1.82) is 0 Å². The first-order valence-electron chi connectivity index (χ1n) is 6.01. The summed E-state index contributed by atoms with van der Waals surface area (Å²) in [6.45, 7) is 2.25. The number of rotatable bonds is 3. The van der Waals surface area contributed by atoms with Crippen LogP contribution < -0.4 is 4.74 Å². The van der Waals surface area contributed by atoms with Gasteiger partial charge in [0.15, 0.2) is 0 Å². The van der Waals surface area contributed by atoms with Crippen molar-refractivity contribution < 1.29 is 9.84 Å². The van der Waals surface area contributed by atoms with E-state index >= 15 is 0 Å². The molecule has 1 fully saturated rings. The average Bonchev–Trinajstić information content (AvgIpc) is 2.33. The number of nitrogens with zero attached hydrogens (tertiary/aromatic N) is 1. The SMILES string of the molecule is CC1CCCCC1Oc1cnccc1CO. The molecule has 0 saturated heterocycles. The van der Waals surface area contributed by atoms with Crippen molar-refractivity contribution in [3.63, 3.8) is 0 Å². The van der Waals surface area contributed by atoms with E-state index in [-0.39, 0.29) is 12.7 Å². The number of pyridine rings is 1. The van der Waals surface area contributed by atoms with Crippen LogP contribution in [-0.4, -0.2) is 16.2 Å². The number of hydrogen-bond acceptors (Lipinski definition) is 3. The maximum Gasteiger partial charge on any atom is 0.143 e. The average molecular weight is 221 g/mol. The number of aliphatic hydroxyl groups excluding tert-OH is 1. The largest absolute Gasteiger partial charge is 0.488 e. The summed E-state index contributed by atoms with van der Waals surface area (Å²) < 4.78 is 5.97. The Labute approximate surface area is 96.5 Å². The predicted molar refractivity (Wildman–Crippen MR) is 62.2 cm³/mol. The van der Waals surface area contributed by atoms with Crippen molar-refractivity contribution in [3.8, 4) is 5.75 Å². The Bertz CT molecular complexity index is 340. The van der Waals surface area contributed by atoms with Crippen LogP contribution in [0.15, 0.2) is 18.5 Å². The molecule has 3 heteroatoms. The van der Waals surface area contributed by atoms with Gasteiger partial charge in [-0.15, -0.1) is 0 Å². The Hall–Kier alpha value is -1.09. The van der Waals surface area contributed by atoms with Crippen LogP contribution in [-0.2, 0) is 6.61 Å². The van der Waals surface area contributed by atoms with Gasteiger partial charge in [0.25, 0.3) is 0 Å². The molecule has 2 rings (SSSR count). The summed E-state index contributed by atoms with van der Waals surface area (Å²) >= 11 is 0. The Balaban J connectivity index is 2.07. The lowest BCUT2D eigenvalue weighted by Gasteiger charge is -2.29. The molecule has 88 valence electrons. The van der Waals surface area contributed by atoms with Gasteiger partial charge in [-0.2, -0.15) is 0 Å². The van der Waals surface area contributed by atoms with Crippen LogP contribution in [0.5, 0.6) is 5.75 Å². The summed E-state index contributed by atoms with van der Waals surface area (Å²) in [6, 6.07) is 1.81. The van der Waals surface area contributed by atoms with Crippen LogP contribution in [0.1, 0.15) is 38.2 Å². The molecule has 0 radical (unpaired) electrons. The van der Waals surface area contributed by atoms with Gasteiger partial charge in [-0.25, -0.2) is 0 Å². The molecule has 1 aliphatic rings. The molecule has 0 aliphatic heterocycles. The van der Waals surface area contributed by atoms with Crippen molar-refractivity contribution >= 4 is 0 Å². The van der Waals surface area contributed by atoms with E-state index in [0.717, 1.165) is 17.7 Å². The Kier molecular flexibility index (Phi) is 3.78. The Morgan fingerprint density at radius 1 is 1.44 bits per heavy atom. The fraction of sp³-hybridized carbons (Fsp3) is 0.615. The minimum absolute atomic E-state index is 0.0129. The number of ether oxygens (including phenoxy) is 1. The lowest BCUT2D eigenvalue weighted by molar-refractivity contribution is 0.0991. The van der Waals surface area contributed by atoms with E-state index in [1.807, 2.05) is 6.07 Å². The maximum atomic E-state index is 9.21. The van der Waals surface area contributed by atoms with Gasteiger partial charge in [-0.05, 0) is 31.2 Å². The molecular formula is C13H19NO2. The zero-order valence-corrected chi connectivity index (χ0v) is 9.72. The first-order valence-corrected chi connectivity index (χ1v) is 6.01. The highest BCUT2D eigenvalue weighted by Gasteiger charge is 2.23. The monoisotopic (exact) mass is 221 g/mol. The lowest BCUT2D eigenvalue weighted by Crippen LogP contribution is -2.28. The maximum absolute atomic E-state index is 9.21. The van der Waals surface area contributed by atoms with Crippen LogP contribution in [0, 0.1) is 5.92 Å². The van der Waals surface area contributed by atoms with Gasteiger partial charge in [-0.1, -0.05) is 13.3 Å². The summed E-state index contributed by atoms with van der Waals surface area (Å²) in [5, 5.41) is 9.21. The minimum atomic E-state index is 0.0129. The molecule has 0 spiro atoms. The summed E-state index contributed by atoms with van der Waals surface area (Å²) in [4.78, 5) is 4.05. The highest BCUT2D eigenvalue weighted by molar-refractivity contribution is 5.29. The van der Waals surface area contributed by atoms with E-state index < -0.39 is 0 Å². The second-order valence-electron chi connectivity index (χ2n) is 4.56. The molecule has 2 unspecified atom stereocenters. The summed E-state index contributed by atoms with van der Waals surface area (Å²) in [5.41, 5.74) is 0.827. The lowest BCUT2D eigenvalue weighted by atomic mass is 9.88. The van der Waals surface area contributed by atoms with E-state index in [4.69, 9.17) is 4.74 Å². The summed E-state index contributed by atoms with van der Waals surface area (Å²) in [6.07, 6.45) is 8.56. The molecule has 1 heterocycles. The van der Waals surface area contributed by atoms with Crippen molar-refractivity contribution in [2.75, 3.05) is 0 Å². The fourth-order valence-electron chi connectivity index (χ4n) is 2.27. The molecule has 2 atom stereocenters. The highest BCUT2D eigenvalue weighted by Crippen LogP contribution is 2.29. The number of hydrogen-bond donors (Lipinski definition) is 1. The zero-order valence-electron chi connectivity index (χ0n) is 9.72. The molecule has 3 nitrogen and oxygen atoms in total. The van der Waals surface area contributed by atoms with Gasteiger partial charge in [0.2, 0.25) is 0 Å². The molecule has 1 aromatic heterocycles. The van der Waals surface area contributed by atoms with Crippen LogP contribution in [0.4, 0.5) is 0 Å². The number of aliphatic hydroxyl groups is 1. The molecule has 1 aliphatic carbocycles. The molecule has 0 amide bonds. The van der Waals surface area contributed by atoms with Crippen molar-refractivity contribution in [3.05, 3.63) is 24.0 Å². The van der Waals surface area contributed by atoms with Crippen LogP contribution in [0.2, 0.25) is 0 Å². The third-order valence-corrected chi connectivity index (χ3v) is 3.35. The van der Waals surface area contributed by atoms with E-state index in [9.17, 15) is 5.11 Å². The zero-order chi connectivity index (χ0) is 11.4. The molecule has 0 aromatic carbocycles. The van der Waals surface area contributed by atoms with Crippen molar-refractivity contribution in [2.45, 2.75) is 45.3 Å². The van der Waals surface area contributed by atoms with Gasteiger partial charge in [-0.3, -0.25) is 4.98 Å². The first kappa shape index (κ1) is 11.4. The molecule has 16 heavy (non-hydrogen) atoms. The van der Waals surface area contributed by atoms with Gasteiger partial charge in [0.05, 0.1) is 12.8 Å². The van der Waals surface area contributed by atoms with Crippen molar-refractivity contribution in [1.82, 2.24) is 4.98 Å². The molecular weight excluding hydrogens is 202 g/mol. The van der Waals surface area contributed by atoms with Crippen LogP contribution in [0.3, 0.4) is 0 Å². The molecule has 0 bridgehead atoms. The Morgan fingerprint density at radius 2 is 2.25 bits per heavy atom. The summed E-state index contributed by atoms with van der Waals surface area (Å²) in [5.74, 6) is 1.34. The van der Waals surface area contributed by atoms with Gasteiger partial charge in [0, 0.05) is 11.8 Å². The standard InChI is InChI=1S/C13H19NO2/c1-10-4-2-3-5-12(10)16-13-8-14-7-6-11(13)9-15/h6-8,10,12,15H,2-5,9H2,1H3. The van der Waals surface area contributed by atoms with Crippen LogP contribution in [0.25, 0.3) is 0 Å². The second-order valence-corrected chi connectivity index (χ2v) is 4.56. The van der Waals surface area contributed by atoms with E-state index in [0.29, 0.717) is 5.92 Å². The Morgan fingerprint density at radius 3 is 3.00 bits per heavy atom. The van der Waals surface area contributed by atoms with Gasteiger partial charge >= 0.3 is 0 Å². The first-order chi connectivity index (χ1) is 7.81. The minimum Gasteiger partial charge on any atom is -0.488 e. The van der Waals surface area contributed by atoms with Gasteiger partial charge in [0.1, 0.15) is 11.9 Å². The highest BCUT2D eigenvalue weighted by atomic mass is 16.5. The van der Waals surface area contributed by atoms with E-state index in [1.54, 1.807) is 12.4 Å². The van der Waals surface area contributed by atoms with Gasteiger partial charge < -0.3 is 9.84 Å². The van der Waals surface area contributed by atoms with E-state index in [2.05, 4.69) is 11.9 Å². The van der Waals surface area contributed by atoms with Crippen molar-refractivity contribution in [2.24, 2.45) is 5.92 Å². The normalized spacial score (nSPS) is 25.4.